The SMILES string of the molecule is O[C@H](c1c(C2CC2)ccn2cncc12)C1CCC(c2ccccc2F)CC1. The Morgan fingerprint density at radius 3 is 2.41 bits per heavy atom. The van der Waals surface area contributed by atoms with Gasteiger partial charge in [0.2, 0.25) is 0 Å². The summed E-state index contributed by atoms with van der Waals surface area (Å²) in [7, 11) is 0. The highest BCUT2D eigenvalue weighted by molar-refractivity contribution is 5.59. The summed E-state index contributed by atoms with van der Waals surface area (Å²) in [6.45, 7) is 0. The minimum absolute atomic E-state index is 0.0958. The number of benzene rings is 1. The molecule has 0 bridgehead atoms. The summed E-state index contributed by atoms with van der Waals surface area (Å²) in [6.07, 6.45) is 11.4. The second kappa shape index (κ2) is 6.75. The van der Waals surface area contributed by atoms with Gasteiger partial charge in [-0.2, -0.15) is 0 Å². The highest BCUT2D eigenvalue weighted by Gasteiger charge is 2.34. The van der Waals surface area contributed by atoms with Crippen LogP contribution in [0.1, 0.15) is 73.2 Å². The monoisotopic (exact) mass is 364 g/mol. The molecular formula is C23H25FN2O. The molecule has 2 aliphatic carbocycles. The van der Waals surface area contributed by atoms with Crippen molar-refractivity contribution in [3.63, 3.8) is 0 Å². The Hall–Kier alpha value is -2.20. The van der Waals surface area contributed by atoms with Gasteiger partial charge in [0, 0.05) is 11.8 Å². The lowest BCUT2D eigenvalue weighted by Gasteiger charge is -2.33. The maximum absolute atomic E-state index is 14.1. The molecule has 0 unspecified atom stereocenters. The third kappa shape index (κ3) is 3.06. The van der Waals surface area contributed by atoms with Crippen molar-refractivity contribution in [3.8, 4) is 0 Å². The number of aromatic nitrogens is 2. The number of hydrogen-bond acceptors (Lipinski definition) is 2. The number of halogens is 1. The molecule has 2 aromatic heterocycles. The molecule has 2 saturated carbocycles. The number of rotatable bonds is 4. The first-order valence-electron chi connectivity index (χ1n) is 10.1. The second-order valence-corrected chi connectivity index (χ2v) is 8.22. The van der Waals surface area contributed by atoms with Crippen LogP contribution in [0, 0.1) is 11.7 Å². The van der Waals surface area contributed by atoms with E-state index in [0.29, 0.717) is 5.92 Å². The Balaban J connectivity index is 1.39. The molecule has 3 aromatic rings. The summed E-state index contributed by atoms with van der Waals surface area (Å²) < 4.78 is 16.1. The maximum atomic E-state index is 14.1. The van der Waals surface area contributed by atoms with Crippen molar-refractivity contribution in [2.45, 2.75) is 56.5 Å². The van der Waals surface area contributed by atoms with E-state index >= 15 is 0 Å². The molecule has 3 nitrogen and oxygen atoms in total. The predicted octanol–water partition coefficient (Wildman–Crippen LogP) is 5.36. The van der Waals surface area contributed by atoms with Crippen LogP contribution in [0.5, 0.6) is 0 Å². The van der Waals surface area contributed by atoms with Gasteiger partial charge in [0.15, 0.2) is 0 Å². The van der Waals surface area contributed by atoms with Crippen molar-refractivity contribution < 1.29 is 9.50 Å². The molecule has 2 aliphatic rings. The third-order valence-corrected chi connectivity index (χ3v) is 6.54. The summed E-state index contributed by atoms with van der Waals surface area (Å²) in [5.74, 6) is 0.987. The first-order chi connectivity index (χ1) is 13.2. The fraction of sp³-hybridized carbons (Fsp3) is 0.435. The lowest BCUT2D eigenvalue weighted by atomic mass is 9.74. The van der Waals surface area contributed by atoms with E-state index in [9.17, 15) is 9.50 Å². The van der Waals surface area contributed by atoms with Crippen molar-refractivity contribution in [2.75, 3.05) is 0 Å². The highest BCUT2D eigenvalue weighted by Crippen LogP contribution is 2.48. The number of imidazole rings is 1. The van der Waals surface area contributed by atoms with E-state index in [0.717, 1.165) is 42.3 Å². The van der Waals surface area contributed by atoms with Crippen LogP contribution in [0.3, 0.4) is 0 Å². The van der Waals surface area contributed by atoms with Crippen LogP contribution in [0.4, 0.5) is 4.39 Å². The van der Waals surface area contributed by atoms with Crippen molar-refractivity contribution in [1.29, 1.82) is 0 Å². The third-order valence-electron chi connectivity index (χ3n) is 6.54. The van der Waals surface area contributed by atoms with Gasteiger partial charge >= 0.3 is 0 Å². The summed E-state index contributed by atoms with van der Waals surface area (Å²) >= 11 is 0. The van der Waals surface area contributed by atoms with Crippen LogP contribution in [0.25, 0.3) is 5.52 Å². The number of fused-ring (bicyclic) bond motifs is 1. The first-order valence-corrected chi connectivity index (χ1v) is 10.1. The first kappa shape index (κ1) is 16.9. The molecule has 1 atom stereocenters. The second-order valence-electron chi connectivity index (χ2n) is 8.22. The van der Waals surface area contributed by atoms with E-state index in [1.807, 2.05) is 22.7 Å². The van der Waals surface area contributed by atoms with Gasteiger partial charge in [0.1, 0.15) is 5.82 Å². The molecule has 2 heterocycles. The number of aliphatic hydroxyl groups excluding tert-OH is 1. The largest absolute Gasteiger partial charge is 0.388 e. The maximum Gasteiger partial charge on any atom is 0.126 e. The number of hydrogen-bond donors (Lipinski definition) is 1. The lowest BCUT2D eigenvalue weighted by Crippen LogP contribution is -2.21. The van der Waals surface area contributed by atoms with Crippen LogP contribution in [0.2, 0.25) is 0 Å². The van der Waals surface area contributed by atoms with Gasteiger partial charge in [0.05, 0.1) is 24.1 Å². The van der Waals surface area contributed by atoms with Crippen LogP contribution in [-0.4, -0.2) is 14.5 Å². The normalized spacial score (nSPS) is 24.2. The van der Waals surface area contributed by atoms with Gasteiger partial charge in [0.25, 0.3) is 0 Å². The minimum Gasteiger partial charge on any atom is -0.388 e. The summed E-state index contributed by atoms with van der Waals surface area (Å²) in [5, 5.41) is 11.3. The van der Waals surface area contributed by atoms with Gasteiger partial charge in [-0.15, -0.1) is 0 Å². The Labute approximate surface area is 158 Å². The van der Waals surface area contributed by atoms with Crippen LogP contribution in [0.15, 0.2) is 49.1 Å². The topological polar surface area (TPSA) is 37.5 Å². The van der Waals surface area contributed by atoms with E-state index in [-0.39, 0.29) is 17.7 Å². The number of nitrogens with zero attached hydrogens (tertiary/aromatic N) is 2. The van der Waals surface area contributed by atoms with Crippen molar-refractivity contribution in [2.24, 2.45) is 5.92 Å². The van der Waals surface area contributed by atoms with Gasteiger partial charge in [-0.3, -0.25) is 0 Å². The molecule has 0 amide bonds. The molecule has 1 N–H and O–H groups in total. The quantitative estimate of drug-likeness (QED) is 0.677. The molecule has 0 spiro atoms. The molecule has 5 rings (SSSR count). The average Bonchev–Trinajstić information content (AvgIpc) is 3.44. The summed E-state index contributed by atoms with van der Waals surface area (Å²) in [5.41, 5.74) is 4.24. The van der Waals surface area contributed by atoms with Crippen molar-refractivity contribution in [1.82, 2.24) is 9.38 Å². The van der Waals surface area contributed by atoms with Gasteiger partial charge < -0.3 is 9.51 Å². The fourth-order valence-corrected chi connectivity index (χ4v) is 4.89. The van der Waals surface area contributed by atoms with Crippen LogP contribution < -0.4 is 0 Å². The smallest absolute Gasteiger partial charge is 0.126 e. The molecule has 0 saturated heterocycles. The molecule has 4 heteroatoms. The molecule has 1 aromatic carbocycles. The number of pyridine rings is 1. The predicted molar refractivity (Wildman–Crippen MR) is 103 cm³/mol. The van der Waals surface area contributed by atoms with E-state index < -0.39 is 6.10 Å². The van der Waals surface area contributed by atoms with E-state index in [1.54, 1.807) is 18.5 Å². The van der Waals surface area contributed by atoms with E-state index in [2.05, 4.69) is 17.2 Å². The average molecular weight is 364 g/mol. The standard InChI is InChI=1S/C23H25FN2O/c24-20-4-2-1-3-18(20)15-7-9-17(10-8-15)23(27)22-19(16-5-6-16)11-12-26-14-25-13-21(22)26/h1-4,11-17,23,27H,5-10H2/t15?,17?,23-/m0/s1. The molecule has 2 fully saturated rings. The van der Waals surface area contributed by atoms with Crippen LogP contribution in [-0.2, 0) is 0 Å². The fourth-order valence-electron chi connectivity index (χ4n) is 4.89. The minimum atomic E-state index is -0.470. The van der Waals surface area contributed by atoms with Gasteiger partial charge in [-0.05, 0) is 79.5 Å². The number of aliphatic hydroxyl groups is 1. The summed E-state index contributed by atoms with van der Waals surface area (Å²) in [4.78, 5) is 4.28. The van der Waals surface area contributed by atoms with Gasteiger partial charge in [-0.1, -0.05) is 18.2 Å². The van der Waals surface area contributed by atoms with E-state index in [1.165, 1.54) is 18.4 Å². The Bertz CT molecular complexity index is 954. The highest BCUT2D eigenvalue weighted by atomic mass is 19.1. The van der Waals surface area contributed by atoms with Crippen molar-refractivity contribution in [3.05, 3.63) is 71.6 Å². The Kier molecular flexibility index (Phi) is 4.24. The zero-order chi connectivity index (χ0) is 18.4. The molecule has 140 valence electrons. The zero-order valence-corrected chi connectivity index (χ0v) is 15.4. The summed E-state index contributed by atoms with van der Waals surface area (Å²) in [6, 6.07) is 9.30. The molecule has 0 aliphatic heterocycles. The molecule has 27 heavy (non-hydrogen) atoms. The Morgan fingerprint density at radius 1 is 0.963 bits per heavy atom. The molecular weight excluding hydrogens is 339 g/mol. The lowest BCUT2D eigenvalue weighted by molar-refractivity contribution is 0.0807. The van der Waals surface area contributed by atoms with E-state index in [4.69, 9.17) is 0 Å². The Morgan fingerprint density at radius 2 is 1.67 bits per heavy atom. The van der Waals surface area contributed by atoms with Crippen molar-refractivity contribution >= 4 is 5.52 Å². The van der Waals surface area contributed by atoms with Crippen LogP contribution >= 0.6 is 0 Å². The van der Waals surface area contributed by atoms with Gasteiger partial charge in [-0.25, -0.2) is 9.37 Å². The molecule has 0 radical (unpaired) electrons. The zero-order valence-electron chi connectivity index (χ0n) is 15.4.